The van der Waals surface area contributed by atoms with Gasteiger partial charge in [0.2, 0.25) is 6.79 Å². The number of carbonyl (C=O) groups is 1. The predicted octanol–water partition coefficient (Wildman–Crippen LogP) is 4.36. The van der Waals surface area contributed by atoms with Crippen molar-refractivity contribution in [2.45, 2.75) is 0 Å². The standard InChI is InChI=1S/C20H14FNO5S/c1-25-20(24)17-18(23)16(9-11-2-7-14-15(8-11)27-10-26-14)28-19(17)22-13-5-3-12(21)4-6-13/h2-9,23H,10H2,1H3/b16-9-,22-19?. The van der Waals surface area contributed by atoms with Crippen LogP contribution in [0.15, 0.2) is 63.7 Å². The lowest BCUT2D eigenvalue weighted by Crippen LogP contribution is -2.10. The summed E-state index contributed by atoms with van der Waals surface area (Å²) in [5.41, 5.74) is 1.16. The summed E-state index contributed by atoms with van der Waals surface area (Å²) < 4.78 is 28.5. The molecule has 0 atom stereocenters. The minimum atomic E-state index is -0.708. The fourth-order valence-corrected chi connectivity index (χ4v) is 3.71. The second-order valence-corrected chi connectivity index (χ2v) is 6.86. The zero-order valence-electron chi connectivity index (χ0n) is 14.6. The lowest BCUT2D eigenvalue weighted by Gasteiger charge is -2.01. The molecule has 0 unspecified atom stereocenters. The van der Waals surface area contributed by atoms with Gasteiger partial charge in [0.15, 0.2) is 11.5 Å². The van der Waals surface area contributed by atoms with Crippen molar-refractivity contribution < 1.29 is 28.5 Å². The number of aliphatic imine (C=N–C) groups is 1. The minimum absolute atomic E-state index is 0.0381. The predicted molar refractivity (Wildman–Crippen MR) is 103 cm³/mol. The molecule has 0 aliphatic carbocycles. The topological polar surface area (TPSA) is 77.4 Å². The number of hydrogen-bond acceptors (Lipinski definition) is 7. The molecule has 0 radical (unpaired) electrons. The summed E-state index contributed by atoms with van der Waals surface area (Å²) in [5, 5.41) is 10.9. The second-order valence-electron chi connectivity index (χ2n) is 5.83. The maximum Gasteiger partial charge on any atom is 0.344 e. The van der Waals surface area contributed by atoms with Gasteiger partial charge in [0.25, 0.3) is 0 Å². The highest BCUT2D eigenvalue weighted by Crippen LogP contribution is 2.41. The first-order valence-electron chi connectivity index (χ1n) is 8.21. The van der Waals surface area contributed by atoms with Crippen molar-refractivity contribution in [3.05, 3.63) is 70.1 Å². The van der Waals surface area contributed by atoms with Crippen LogP contribution in [0.4, 0.5) is 10.1 Å². The van der Waals surface area contributed by atoms with Crippen molar-refractivity contribution in [3.63, 3.8) is 0 Å². The number of methoxy groups -OCH3 is 1. The third-order valence-corrected chi connectivity index (χ3v) is 5.05. The number of nitrogens with zero attached hydrogens (tertiary/aromatic N) is 1. The number of thioether (sulfide) groups is 1. The Balaban J connectivity index is 1.72. The van der Waals surface area contributed by atoms with Crippen molar-refractivity contribution in [2.75, 3.05) is 13.9 Å². The minimum Gasteiger partial charge on any atom is -0.506 e. The Morgan fingerprint density at radius 2 is 1.96 bits per heavy atom. The van der Waals surface area contributed by atoms with E-state index >= 15 is 0 Å². The fourth-order valence-electron chi connectivity index (χ4n) is 2.68. The molecular formula is C20H14FNO5S. The molecule has 2 aliphatic heterocycles. The van der Waals surface area contributed by atoms with Crippen LogP contribution < -0.4 is 9.47 Å². The van der Waals surface area contributed by atoms with Crippen LogP contribution in [0, 0.1) is 5.82 Å². The van der Waals surface area contributed by atoms with Crippen molar-refractivity contribution in [3.8, 4) is 11.5 Å². The number of halogens is 1. The van der Waals surface area contributed by atoms with E-state index in [0.717, 1.165) is 17.3 Å². The van der Waals surface area contributed by atoms with Crippen LogP contribution >= 0.6 is 11.8 Å². The molecule has 2 aliphatic rings. The van der Waals surface area contributed by atoms with Gasteiger partial charge in [-0.2, -0.15) is 0 Å². The van der Waals surface area contributed by atoms with E-state index in [2.05, 4.69) is 4.99 Å². The summed E-state index contributed by atoms with van der Waals surface area (Å²) in [6.07, 6.45) is 1.71. The number of aliphatic hydroxyl groups excluding tert-OH is 1. The van der Waals surface area contributed by atoms with Gasteiger partial charge in [0.1, 0.15) is 22.2 Å². The molecular weight excluding hydrogens is 385 g/mol. The summed E-state index contributed by atoms with van der Waals surface area (Å²) in [4.78, 5) is 17.0. The number of rotatable bonds is 3. The lowest BCUT2D eigenvalue weighted by molar-refractivity contribution is -0.135. The Morgan fingerprint density at radius 1 is 1.21 bits per heavy atom. The van der Waals surface area contributed by atoms with Crippen LogP contribution in [0.1, 0.15) is 5.56 Å². The molecule has 0 spiro atoms. The van der Waals surface area contributed by atoms with Crippen LogP contribution in [-0.4, -0.2) is 30.0 Å². The molecule has 2 aromatic rings. The van der Waals surface area contributed by atoms with Crippen molar-refractivity contribution >= 4 is 34.5 Å². The third-order valence-electron chi connectivity index (χ3n) is 4.03. The molecule has 0 saturated heterocycles. The number of benzene rings is 2. The number of carbonyl (C=O) groups excluding carboxylic acids is 1. The highest BCUT2D eigenvalue weighted by Gasteiger charge is 2.33. The van der Waals surface area contributed by atoms with E-state index < -0.39 is 11.8 Å². The first-order valence-corrected chi connectivity index (χ1v) is 9.02. The Labute approximate surface area is 163 Å². The molecule has 0 fully saturated rings. The van der Waals surface area contributed by atoms with Gasteiger partial charge in [0.05, 0.1) is 17.7 Å². The summed E-state index contributed by atoms with van der Waals surface area (Å²) >= 11 is 1.12. The maximum atomic E-state index is 13.1. The average molecular weight is 399 g/mol. The Hall–Kier alpha value is -3.26. The summed E-state index contributed by atoms with van der Waals surface area (Å²) in [5.74, 6) is -0.0719. The van der Waals surface area contributed by atoms with Crippen LogP contribution in [0.25, 0.3) is 6.08 Å². The van der Waals surface area contributed by atoms with Gasteiger partial charge < -0.3 is 19.3 Å². The van der Waals surface area contributed by atoms with Gasteiger partial charge in [-0.15, -0.1) is 0 Å². The number of aliphatic hydroxyl groups is 1. The largest absolute Gasteiger partial charge is 0.506 e. The average Bonchev–Trinajstić information content (AvgIpc) is 3.27. The first-order chi connectivity index (χ1) is 13.5. The summed E-state index contributed by atoms with van der Waals surface area (Å²) in [6.45, 7) is 0.163. The molecule has 0 aromatic heterocycles. The highest BCUT2D eigenvalue weighted by atomic mass is 32.2. The van der Waals surface area contributed by atoms with Gasteiger partial charge in [-0.3, -0.25) is 0 Å². The normalized spacial score (nSPS) is 18.2. The quantitative estimate of drug-likeness (QED) is 0.773. The van der Waals surface area contributed by atoms with Crippen LogP contribution in [-0.2, 0) is 9.53 Å². The Morgan fingerprint density at radius 3 is 2.71 bits per heavy atom. The molecule has 142 valence electrons. The molecule has 0 bridgehead atoms. The molecule has 1 N–H and O–H groups in total. The second kappa shape index (κ2) is 7.40. The fraction of sp³-hybridized carbons (Fsp3) is 0.100. The van der Waals surface area contributed by atoms with Gasteiger partial charge in [-0.25, -0.2) is 14.2 Å². The summed E-state index contributed by atoms with van der Waals surface area (Å²) in [7, 11) is 1.22. The van der Waals surface area contributed by atoms with Gasteiger partial charge in [-0.1, -0.05) is 17.8 Å². The molecule has 8 heteroatoms. The van der Waals surface area contributed by atoms with E-state index in [9.17, 15) is 14.3 Å². The molecule has 0 amide bonds. The molecule has 6 nitrogen and oxygen atoms in total. The zero-order valence-corrected chi connectivity index (χ0v) is 15.5. The Kier molecular flexibility index (Phi) is 4.79. The van der Waals surface area contributed by atoms with Gasteiger partial charge >= 0.3 is 5.97 Å². The third kappa shape index (κ3) is 3.46. The molecule has 2 heterocycles. The van der Waals surface area contributed by atoms with E-state index in [-0.39, 0.29) is 23.2 Å². The van der Waals surface area contributed by atoms with Gasteiger partial charge in [0, 0.05) is 0 Å². The molecule has 28 heavy (non-hydrogen) atoms. The molecule has 2 aromatic carbocycles. The van der Waals surface area contributed by atoms with E-state index in [1.54, 1.807) is 24.3 Å². The highest BCUT2D eigenvalue weighted by molar-refractivity contribution is 8.18. The van der Waals surface area contributed by atoms with Crippen molar-refractivity contribution in [1.82, 2.24) is 0 Å². The number of ether oxygens (including phenoxy) is 3. The van der Waals surface area contributed by atoms with Crippen LogP contribution in [0.3, 0.4) is 0 Å². The smallest absolute Gasteiger partial charge is 0.344 e. The monoisotopic (exact) mass is 399 g/mol. The number of fused-ring (bicyclic) bond motifs is 1. The van der Waals surface area contributed by atoms with Crippen LogP contribution in [0.5, 0.6) is 11.5 Å². The van der Waals surface area contributed by atoms with Crippen molar-refractivity contribution in [1.29, 1.82) is 0 Å². The first kappa shape index (κ1) is 18.1. The zero-order chi connectivity index (χ0) is 19.7. The van der Waals surface area contributed by atoms with E-state index in [1.165, 1.54) is 31.4 Å². The number of esters is 1. The van der Waals surface area contributed by atoms with E-state index in [1.807, 2.05) is 0 Å². The molecule has 0 saturated carbocycles. The maximum absolute atomic E-state index is 13.1. The number of hydrogen-bond donors (Lipinski definition) is 1. The van der Waals surface area contributed by atoms with Crippen molar-refractivity contribution in [2.24, 2.45) is 4.99 Å². The molecule has 4 rings (SSSR count). The summed E-state index contributed by atoms with van der Waals surface area (Å²) in [6, 6.07) is 10.8. The van der Waals surface area contributed by atoms with Gasteiger partial charge in [-0.05, 0) is 48.0 Å². The van der Waals surface area contributed by atoms with Crippen LogP contribution in [0.2, 0.25) is 0 Å². The lowest BCUT2D eigenvalue weighted by atomic mass is 10.1. The Bertz CT molecular complexity index is 1040. The van der Waals surface area contributed by atoms with E-state index in [4.69, 9.17) is 14.2 Å². The SMILES string of the molecule is COC(=O)C1=C(O)/C(=C/c2ccc3c(c2)OCO3)SC1=Nc1ccc(F)cc1. The van der Waals surface area contributed by atoms with E-state index in [0.29, 0.717) is 22.1 Å².